The summed E-state index contributed by atoms with van der Waals surface area (Å²) in [4.78, 5) is 10.8. The molecular formula is C13H11BrClNO3. The van der Waals surface area contributed by atoms with Crippen LogP contribution >= 0.6 is 27.5 Å². The lowest BCUT2D eigenvalue weighted by atomic mass is 10.2. The van der Waals surface area contributed by atoms with Gasteiger partial charge in [0.2, 0.25) is 5.76 Å². The second-order valence-electron chi connectivity index (χ2n) is 4.00. The van der Waals surface area contributed by atoms with Gasteiger partial charge in [0, 0.05) is 4.47 Å². The Morgan fingerprint density at radius 2 is 2.16 bits per heavy atom. The first-order valence-electron chi connectivity index (χ1n) is 5.52. The minimum absolute atomic E-state index is 0.0796. The van der Waals surface area contributed by atoms with Crippen molar-refractivity contribution in [2.24, 2.45) is 0 Å². The van der Waals surface area contributed by atoms with Crippen LogP contribution in [-0.2, 0) is 0 Å². The molecule has 0 aliphatic carbocycles. The topological polar surface area (TPSA) is 62.5 Å². The van der Waals surface area contributed by atoms with Gasteiger partial charge in [0.05, 0.1) is 16.8 Å². The first-order chi connectivity index (χ1) is 8.97. The average Bonchev–Trinajstić information content (AvgIpc) is 2.83. The zero-order valence-corrected chi connectivity index (χ0v) is 12.3. The van der Waals surface area contributed by atoms with Gasteiger partial charge in [-0.15, -0.1) is 0 Å². The third kappa shape index (κ3) is 3.30. The van der Waals surface area contributed by atoms with Crippen LogP contribution in [0.25, 0.3) is 0 Å². The van der Waals surface area contributed by atoms with Crippen molar-refractivity contribution in [1.29, 1.82) is 0 Å². The van der Waals surface area contributed by atoms with Crippen molar-refractivity contribution in [1.82, 2.24) is 0 Å². The van der Waals surface area contributed by atoms with Crippen LogP contribution in [0.4, 0.5) is 5.69 Å². The largest absolute Gasteiger partial charge is 0.475 e. The highest BCUT2D eigenvalue weighted by Crippen LogP contribution is 2.29. The molecule has 0 fully saturated rings. The molecule has 0 bridgehead atoms. The Bertz CT molecular complexity index is 612. The van der Waals surface area contributed by atoms with E-state index in [4.69, 9.17) is 21.1 Å². The highest BCUT2D eigenvalue weighted by atomic mass is 79.9. The van der Waals surface area contributed by atoms with Gasteiger partial charge in [0.1, 0.15) is 5.76 Å². The van der Waals surface area contributed by atoms with E-state index in [0.29, 0.717) is 10.8 Å². The molecule has 2 aromatic rings. The maximum Gasteiger partial charge on any atom is 0.371 e. The average molecular weight is 345 g/mol. The van der Waals surface area contributed by atoms with Crippen molar-refractivity contribution in [3.63, 3.8) is 0 Å². The van der Waals surface area contributed by atoms with E-state index in [0.717, 1.165) is 10.2 Å². The zero-order valence-electron chi connectivity index (χ0n) is 9.98. The minimum Gasteiger partial charge on any atom is -0.475 e. The van der Waals surface area contributed by atoms with Gasteiger partial charge in [-0.1, -0.05) is 27.5 Å². The number of rotatable bonds is 4. The quantitative estimate of drug-likeness (QED) is 0.853. The molecule has 0 spiro atoms. The predicted octanol–water partition coefficient (Wildman–Crippen LogP) is 4.57. The molecule has 0 saturated heterocycles. The lowest BCUT2D eigenvalue weighted by Crippen LogP contribution is -2.06. The van der Waals surface area contributed by atoms with Crippen LogP contribution in [0.2, 0.25) is 5.02 Å². The number of aromatic carboxylic acids is 1. The third-order valence-electron chi connectivity index (χ3n) is 2.56. The summed E-state index contributed by atoms with van der Waals surface area (Å²) in [6, 6.07) is 8.32. The summed E-state index contributed by atoms with van der Waals surface area (Å²) >= 11 is 9.44. The molecule has 1 atom stereocenters. The number of hydrogen-bond acceptors (Lipinski definition) is 3. The fraction of sp³-hybridized carbons (Fsp3) is 0.154. The number of furan rings is 1. The summed E-state index contributed by atoms with van der Waals surface area (Å²) in [6.07, 6.45) is 0. The Labute approximate surface area is 123 Å². The molecule has 1 aromatic heterocycles. The van der Waals surface area contributed by atoms with Gasteiger partial charge >= 0.3 is 5.97 Å². The summed E-state index contributed by atoms with van der Waals surface area (Å²) in [5.74, 6) is -0.628. The van der Waals surface area contributed by atoms with Crippen LogP contribution in [0.3, 0.4) is 0 Å². The number of halogens is 2. The van der Waals surface area contributed by atoms with E-state index in [-0.39, 0.29) is 11.8 Å². The molecular weight excluding hydrogens is 334 g/mol. The van der Waals surface area contributed by atoms with E-state index in [1.54, 1.807) is 12.1 Å². The van der Waals surface area contributed by atoms with Gasteiger partial charge in [0.25, 0.3) is 0 Å². The molecule has 0 aliphatic rings. The summed E-state index contributed by atoms with van der Waals surface area (Å²) in [5, 5.41) is 12.6. The Morgan fingerprint density at radius 1 is 1.42 bits per heavy atom. The molecule has 0 aliphatic heterocycles. The Morgan fingerprint density at radius 3 is 2.79 bits per heavy atom. The summed E-state index contributed by atoms with van der Waals surface area (Å²) in [7, 11) is 0. The maximum absolute atomic E-state index is 10.8. The summed E-state index contributed by atoms with van der Waals surface area (Å²) in [6.45, 7) is 1.86. The predicted molar refractivity (Wildman–Crippen MR) is 76.9 cm³/mol. The molecule has 2 rings (SSSR count). The molecule has 0 saturated carbocycles. The van der Waals surface area contributed by atoms with Gasteiger partial charge in [-0.2, -0.15) is 0 Å². The smallest absolute Gasteiger partial charge is 0.371 e. The Kier molecular flexibility index (Phi) is 4.17. The lowest BCUT2D eigenvalue weighted by molar-refractivity contribution is 0.0660. The number of hydrogen-bond donors (Lipinski definition) is 2. The lowest BCUT2D eigenvalue weighted by Gasteiger charge is -2.14. The van der Waals surface area contributed by atoms with Crippen molar-refractivity contribution in [3.8, 4) is 0 Å². The highest BCUT2D eigenvalue weighted by Gasteiger charge is 2.15. The number of carboxylic acid groups (broad SMARTS) is 1. The summed E-state index contributed by atoms with van der Waals surface area (Å²) in [5.41, 5.74) is 0.747. The van der Waals surface area contributed by atoms with Crippen LogP contribution in [0.1, 0.15) is 29.3 Å². The van der Waals surface area contributed by atoms with Crippen molar-refractivity contribution >= 4 is 39.2 Å². The van der Waals surface area contributed by atoms with Crippen LogP contribution in [0, 0.1) is 0 Å². The third-order valence-corrected chi connectivity index (χ3v) is 3.39. The van der Waals surface area contributed by atoms with Crippen LogP contribution in [0.5, 0.6) is 0 Å². The molecule has 6 heteroatoms. The molecule has 2 N–H and O–H groups in total. The normalized spacial score (nSPS) is 12.2. The fourth-order valence-corrected chi connectivity index (χ4v) is 2.15. The molecule has 4 nitrogen and oxygen atoms in total. The molecule has 100 valence electrons. The van der Waals surface area contributed by atoms with Gasteiger partial charge in [-0.05, 0) is 37.3 Å². The standard InChI is InChI=1S/C13H11BrClNO3/c1-7(11-4-5-12(19-11)13(17)18)16-10-6-8(14)2-3-9(10)15/h2-7,16H,1H3,(H,17,18). The van der Waals surface area contributed by atoms with Crippen molar-refractivity contribution < 1.29 is 14.3 Å². The molecule has 1 unspecified atom stereocenters. The highest BCUT2D eigenvalue weighted by molar-refractivity contribution is 9.10. The van der Waals surface area contributed by atoms with E-state index in [9.17, 15) is 4.79 Å². The number of benzene rings is 1. The van der Waals surface area contributed by atoms with Crippen molar-refractivity contribution in [3.05, 3.63) is 51.3 Å². The summed E-state index contributed by atoms with van der Waals surface area (Å²) < 4.78 is 6.13. The van der Waals surface area contributed by atoms with Gasteiger partial charge in [-0.3, -0.25) is 0 Å². The first kappa shape index (κ1) is 14.0. The number of anilines is 1. The Hall–Kier alpha value is -1.46. The second kappa shape index (κ2) is 5.67. The number of carboxylic acids is 1. The monoisotopic (exact) mass is 343 g/mol. The van der Waals surface area contributed by atoms with E-state index in [2.05, 4.69) is 21.2 Å². The van der Waals surface area contributed by atoms with Crippen molar-refractivity contribution in [2.45, 2.75) is 13.0 Å². The molecule has 0 amide bonds. The zero-order chi connectivity index (χ0) is 14.0. The van der Waals surface area contributed by atoms with Crippen molar-refractivity contribution in [2.75, 3.05) is 5.32 Å². The van der Waals surface area contributed by atoms with Crippen LogP contribution < -0.4 is 5.32 Å². The minimum atomic E-state index is -1.08. The SMILES string of the molecule is CC(Nc1cc(Br)ccc1Cl)c1ccc(C(=O)O)o1. The van der Waals surface area contributed by atoms with E-state index in [1.165, 1.54) is 6.07 Å². The molecule has 19 heavy (non-hydrogen) atoms. The van der Waals surface area contributed by atoms with E-state index >= 15 is 0 Å². The van der Waals surface area contributed by atoms with Gasteiger partial charge in [0.15, 0.2) is 0 Å². The van der Waals surface area contributed by atoms with E-state index in [1.807, 2.05) is 19.1 Å². The van der Waals surface area contributed by atoms with Crippen LogP contribution in [-0.4, -0.2) is 11.1 Å². The second-order valence-corrected chi connectivity index (χ2v) is 5.32. The number of carbonyl (C=O) groups is 1. The molecule has 0 radical (unpaired) electrons. The molecule has 1 aromatic carbocycles. The van der Waals surface area contributed by atoms with Gasteiger partial charge < -0.3 is 14.8 Å². The Balaban J connectivity index is 2.17. The van der Waals surface area contributed by atoms with E-state index < -0.39 is 5.97 Å². The molecule has 1 heterocycles. The number of nitrogens with one attached hydrogen (secondary N) is 1. The fourth-order valence-electron chi connectivity index (χ4n) is 1.61. The maximum atomic E-state index is 10.8. The van der Waals surface area contributed by atoms with Gasteiger partial charge in [-0.25, -0.2) is 4.79 Å². The van der Waals surface area contributed by atoms with Crippen LogP contribution in [0.15, 0.2) is 39.2 Å². The first-order valence-corrected chi connectivity index (χ1v) is 6.69.